The molecule has 0 atom stereocenters. The number of carboxylic acid groups (broad SMARTS) is 1. The first-order chi connectivity index (χ1) is 17.5. The third kappa shape index (κ3) is 6.66. The van der Waals surface area contributed by atoms with Gasteiger partial charge in [0, 0.05) is 42.8 Å². The number of rotatable bonds is 5. The van der Waals surface area contributed by atoms with Gasteiger partial charge in [-0.3, -0.25) is 4.79 Å². The molecule has 206 valence electrons. The molecule has 1 saturated carbocycles. The first-order valence-corrected chi connectivity index (χ1v) is 14.6. The normalized spacial score (nSPS) is 24.1. The van der Waals surface area contributed by atoms with Crippen molar-refractivity contribution < 1.29 is 29.0 Å². The predicted molar refractivity (Wildman–Crippen MR) is 144 cm³/mol. The van der Waals surface area contributed by atoms with Gasteiger partial charge in [-0.25, -0.2) is 9.59 Å². The summed E-state index contributed by atoms with van der Waals surface area (Å²) in [7, 11) is 0. The van der Waals surface area contributed by atoms with Gasteiger partial charge in [0.05, 0.1) is 18.9 Å². The summed E-state index contributed by atoms with van der Waals surface area (Å²) in [5.41, 5.74) is 0.300. The molecule has 2 saturated heterocycles. The average Bonchev–Trinajstić information content (AvgIpc) is 3.32. The summed E-state index contributed by atoms with van der Waals surface area (Å²) < 4.78 is 11.1. The van der Waals surface area contributed by atoms with E-state index in [1.165, 1.54) is 11.3 Å². The maximum absolute atomic E-state index is 14.0. The van der Waals surface area contributed by atoms with E-state index in [1.807, 2.05) is 6.07 Å². The fraction of sp³-hybridized carbons (Fsp3) is 0.750. The number of nitrogens with zero attached hydrogens (tertiary/aromatic N) is 2. The van der Waals surface area contributed by atoms with Gasteiger partial charge in [-0.15, -0.1) is 11.3 Å². The maximum atomic E-state index is 14.0. The average molecular weight is 535 g/mol. The van der Waals surface area contributed by atoms with Crippen LogP contribution in [0.2, 0.25) is 0 Å². The van der Waals surface area contributed by atoms with Crippen LogP contribution in [0.5, 0.6) is 0 Å². The number of hydrogen-bond donors (Lipinski definition) is 1. The number of carbonyl (C=O) groups excluding carboxylic acids is 2. The highest BCUT2D eigenvalue weighted by Crippen LogP contribution is 2.41. The summed E-state index contributed by atoms with van der Waals surface area (Å²) in [6.45, 7) is 10.6. The van der Waals surface area contributed by atoms with Crippen LogP contribution in [0, 0.1) is 11.8 Å². The number of carbonyl (C=O) groups is 3. The molecular formula is C28H42N2O6S. The Bertz CT molecular complexity index is 964. The Morgan fingerprint density at radius 3 is 2.22 bits per heavy atom. The molecule has 0 radical (unpaired) electrons. The van der Waals surface area contributed by atoms with Crippen LogP contribution in [0.15, 0.2) is 6.07 Å². The molecule has 0 bridgehead atoms. The van der Waals surface area contributed by atoms with E-state index in [4.69, 9.17) is 9.47 Å². The fourth-order valence-corrected chi connectivity index (χ4v) is 6.65. The van der Waals surface area contributed by atoms with Crippen LogP contribution in [0.4, 0.5) is 10.5 Å². The van der Waals surface area contributed by atoms with Gasteiger partial charge in [-0.1, -0.05) is 27.7 Å². The molecule has 8 nitrogen and oxygen atoms in total. The van der Waals surface area contributed by atoms with Crippen LogP contribution in [0.3, 0.4) is 0 Å². The highest BCUT2D eigenvalue weighted by atomic mass is 32.1. The van der Waals surface area contributed by atoms with Crippen molar-refractivity contribution in [3.63, 3.8) is 0 Å². The number of piperidine rings is 1. The summed E-state index contributed by atoms with van der Waals surface area (Å²) in [5, 5.41) is 10.1. The number of anilines is 1. The highest BCUT2D eigenvalue weighted by Gasteiger charge is 2.39. The zero-order chi connectivity index (χ0) is 26.7. The van der Waals surface area contributed by atoms with E-state index in [0.29, 0.717) is 50.8 Å². The Balaban J connectivity index is 1.55. The monoisotopic (exact) mass is 534 g/mol. The van der Waals surface area contributed by atoms with E-state index in [9.17, 15) is 19.5 Å². The highest BCUT2D eigenvalue weighted by molar-refractivity contribution is 7.14. The molecule has 3 fully saturated rings. The molecule has 1 aromatic heterocycles. The van der Waals surface area contributed by atoms with Gasteiger partial charge in [0.15, 0.2) is 0 Å². The molecule has 0 spiro atoms. The van der Waals surface area contributed by atoms with Crippen molar-refractivity contribution in [2.24, 2.45) is 11.8 Å². The number of ether oxygens (including phenoxy) is 2. The molecule has 3 aliphatic rings. The van der Waals surface area contributed by atoms with Crippen LogP contribution in [-0.4, -0.2) is 66.4 Å². The van der Waals surface area contributed by atoms with E-state index in [-0.39, 0.29) is 40.4 Å². The standard InChI is InChI=1S/C28H42N2O6S/c1-18-5-7-19(8-6-18)25(31)30(22-17-23(28(2,3)4)37-24(22)26(32)33)20-9-13-29(14-10-20)27(34)36-21-11-15-35-16-12-21/h17-21H,5-16H2,1-4H3,(H,32,33)/t18-,19-. The lowest BCUT2D eigenvalue weighted by molar-refractivity contribution is -0.124. The zero-order valence-corrected chi connectivity index (χ0v) is 23.5. The lowest BCUT2D eigenvalue weighted by Crippen LogP contribution is -2.51. The topological polar surface area (TPSA) is 96.4 Å². The molecular weight excluding hydrogens is 492 g/mol. The van der Waals surface area contributed by atoms with Gasteiger partial charge in [-0.2, -0.15) is 0 Å². The van der Waals surface area contributed by atoms with E-state index < -0.39 is 5.97 Å². The summed E-state index contributed by atoms with van der Waals surface area (Å²) in [5.74, 6) is -0.433. The quantitative estimate of drug-likeness (QED) is 0.522. The van der Waals surface area contributed by atoms with Crippen LogP contribution in [0.1, 0.15) is 93.6 Å². The van der Waals surface area contributed by atoms with Crippen molar-refractivity contribution in [1.82, 2.24) is 4.90 Å². The van der Waals surface area contributed by atoms with Gasteiger partial charge in [0.2, 0.25) is 5.91 Å². The van der Waals surface area contributed by atoms with Crippen LogP contribution in [0.25, 0.3) is 0 Å². The third-order valence-electron chi connectivity index (χ3n) is 8.03. The van der Waals surface area contributed by atoms with Crippen molar-refractivity contribution in [2.45, 2.75) is 96.6 Å². The van der Waals surface area contributed by atoms with Gasteiger partial charge >= 0.3 is 12.1 Å². The Labute approximate surface area is 224 Å². The number of aromatic carboxylic acids is 1. The summed E-state index contributed by atoms with van der Waals surface area (Å²) >= 11 is 1.27. The van der Waals surface area contributed by atoms with E-state index in [1.54, 1.807) is 9.80 Å². The minimum atomic E-state index is -0.997. The molecule has 3 heterocycles. The van der Waals surface area contributed by atoms with Gasteiger partial charge < -0.3 is 24.4 Å². The third-order valence-corrected chi connectivity index (χ3v) is 9.57. The van der Waals surface area contributed by atoms with Crippen molar-refractivity contribution in [3.8, 4) is 0 Å². The number of hydrogen-bond acceptors (Lipinski definition) is 6. The number of amides is 2. The first kappa shape index (κ1) is 27.9. The molecule has 0 aromatic carbocycles. The number of thiophene rings is 1. The second kappa shape index (κ2) is 11.7. The summed E-state index contributed by atoms with van der Waals surface area (Å²) in [6, 6.07) is 1.77. The largest absolute Gasteiger partial charge is 0.477 e. The Morgan fingerprint density at radius 1 is 1.03 bits per heavy atom. The Kier molecular flexibility index (Phi) is 8.84. The Morgan fingerprint density at radius 2 is 1.65 bits per heavy atom. The van der Waals surface area contributed by atoms with Gasteiger partial charge in [0.25, 0.3) is 0 Å². The number of carboxylic acids is 1. The van der Waals surface area contributed by atoms with Crippen molar-refractivity contribution in [1.29, 1.82) is 0 Å². The van der Waals surface area contributed by atoms with Crippen molar-refractivity contribution in [2.75, 3.05) is 31.2 Å². The molecule has 1 N–H and O–H groups in total. The first-order valence-electron chi connectivity index (χ1n) is 13.8. The smallest absolute Gasteiger partial charge is 0.410 e. The van der Waals surface area contributed by atoms with Crippen molar-refractivity contribution in [3.05, 3.63) is 15.8 Å². The molecule has 2 amide bonds. The molecule has 1 aromatic rings. The minimum absolute atomic E-state index is 0.0379. The van der Waals surface area contributed by atoms with Gasteiger partial charge in [0.1, 0.15) is 11.0 Å². The molecule has 2 aliphatic heterocycles. The van der Waals surface area contributed by atoms with Crippen LogP contribution >= 0.6 is 11.3 Å². The lowest BCUT2D eigenvalue weighted by Gasteiger charge is -2.40. The van der Waals surface area contributed by atoms with E-state index >= 15 is 0 Å². The molecule has 37 heavy (non-hydrogen) atoms. The van der Waals surface area contributed by atoms with E-state index in [2.05, 4.69) is 27.7 Å². The lowest BCUT2D eigenvalue weighted by atomic mass is 9.82. The minimum Gasteiger partial charge on any atom is -0.477 e. The SMILES string of the molecule is CC(C)(C)c1cc(N(C(=O)[C@H]2CC[C@H](C)CC2)C2CCN(C(=O)OC3CCOCC3)CC2)c(C(=O)O)s1. The second-order valence-corrected chi connectivity index (χ2v) is 13.0. The van der Waals surface area contributed by atoms with Crippen LogP contribution in [-0.2, 0) is 19.7 Å². The van der Waals surface area contributed by atoms with Crippen LogP contribution < -0.4 is 4.90 Å². The molecule has 4 rings (SSSR count). The maximum Gasteiger partial charge on any atom is 0.410 e. The molecule has 9 heteroatoms. The van der Waals surface area contributed by atoms with Gasteiger partial charge in [-0.05, 0) is 55.9 Å². The molecule has 0 unspecified atom stereocenters. The zero-order valence-electron chi connectivity index (χ0n) is 22.7. The second-order valence-electron chi connectivity index (χ2n) is 12.0. The van der Waals surface area contributed by atoms with E-state index in [0.717, 1.165) is 43.4 Å². The number of likely N-dealkylation sites (tertiary alicyclic amines) is 1. The fourth-order valence-electron chi connectivity index (χ4n) is 5.60. The van der Waals surface area contributed by atoms with Crippen molar-refractivity contribution >= 4 is 35.0 Å². The summed E-state index contributed by atoms with van der Waals surface area (Å²) in [4.78, 5) is 43.8. The predicted octanol–water partition coefficient (Wildman–Crippen LogP) is 5.68. The Hall–Kier alpha value is -2.13. The molecule has 1 aliphatic carbocycles. The summed E-state index contributed by atoms with van der Waals surface area (Å²) in [6.07, 6.45) is 5.93.